The Morgan fingerprint density at radius 2 is 2.03 bits per heavy atom. The third-order valence-electron chi connectivity index (χ3n) is 5.52. The summed E-state index contributed by atoms with van der Waals surface area (Å²) in [6.07, 6.45) is 4.78. The lowest BCUT2D eigenvalue weighted by atomic mass is 10.0. The van der Waals surface area contributed by atoms with Crippen molar-refractivity contribution in [3.05, 3.63) is 36.2 Å². The first-order valence-corrected chi connectivity index (χ1v) is 12.9. The summed E-state index contributed by atoms with van der Waals surface area (Å²) in [5, 5.41) is 22.3. The number of thioether (sulfide) groups is 1. The molecule has 4 rings (SSSR count). The molecule has 3 atom stereocenters. The minimum atomic E-state index is -3.75. The van der Waals surface area contributed by atoms with Crippen LogP contribution >= 0.6 is 11.8 Å². The molecule has 2 fully saturated rings. The van der Waals surface area contributed by atoms with Crippen molar-refractivity contribution >= 4 is 33.7 Å². The average molecular weight is 480 g/mol. The van der Waals surface area contributed by atoms with E-state index >= 15 is 0 Å². The van der Waals surface area contributed by atoms with Crippen molar-refractivity contribution in [2.45, 2.75) is 54.5 Å². The molecular weight excluding hydrogens is 454 g/mol. The van der Waals surface area contributed by atoms with Gasteiger partial charge in [0.2, 0.25) is 15.9 Å². The number of carbonyl (C=O) groups is 2. The molecule has 1 aromatic heterocycles. The average Bonchev–Trinajstić information content (AvgIpc) is 3.46. The normalized spacial score (nSPS) is 22.3. The molecule has 0 unspecified atom stereocenters. The van der Waals surface area contributed by atoms with Crippen LogP contribution in [-0.2, 0) is 21.4 Å². The van der Waals surface area contributed by atoms with Crippen molar-refractivity contribution in [1.82, 2.24) is 30.9 Å². The summed E-state index contributed by atoms with van der Waals surface area (Å²) in [4.78, 5) is 23.6. The van der Waals surface area contributed by atoms with E-state index < -0.39 is 10.0 Å². The van der Waals surface area contributed by atoms with Crippen molar-refractivity contribution in [3.8, 4) is 5.69 Å². The van der Waals surface area contributed by atoms with E-state index in [1.165, 1.54) is 16.8 Å². The van der Waals surface area contributed by atoms with Crippen molar-refractivity contribution in [1.29, 1.82) is 0 Å². The summed E-state index contributed by atoms with van der Waals surface area (Å²) in [6.45, 7) is 0.258. The second-order valence-electron chi connectivity index (χ2n) is 7.84. The number of fused-ring (bicyclic) bond motifs is 1. The molecule has 0 aliphatic carbocycles. The summed E-state index contributed by atoms with van der Waals surface area (Å²) in [5.74, 6) is 0.885. The van der Waals surface area contributed by atoms with Gasteiger partial charge >= 0.3 is 6.03 Å². The minimum absolute atomic E-state index is 0.0184. The van der Waals surface area contributed by atoms with Gasteiger partial charge < -0.3 is 16.0 Å². The molecule has 2 saturated heterocycles. The minimum Gasteiger partial charge on any atom is -0.350 e. The maximum Gasteiger partial charge on any atom is 0.315 e. The molecule has 2 aromatic rings. The predicted octanol–water partition coefficient (Wildman–Crippen LogP) is 0.257. The van der Waals surface area contributed by atoms with Crippen LogP contribution in [0.1, 0.15) is 31.4 Å². The smallest absolute Gasteiger partial charge is 0.315 e. The van der Waals surface area contributed by atoms with Gasteiger partial charge in [0.05, 0.1) is 35.4 Å². The van der Waals surface area contributed by atoms with E-state index in [1.807, 2.05) is 11.8 Å². The SMILES string of the molecule is NS(=O)(=O)c1ccc(-n2cc(CNC(=O)CCCC[C@@H]3SC[C@@H]4NC(=O)N[C@@H]43)nn2)cc1. The Balaban J connectivity index is 1.17. The van der Waals surface area contributed by atoms with Crippen molar-refractivity contribution < 1.29 is 18.0 Å². The number of primary sulfonamides is 1. The van der Waals surface area contributed by atoms with Gasteiger partial charge in [-0.1, -0.05) is 11.6 Å². The Morgan fingerprint density at radius 3 is 2.78 bits per heavy atom. The van der Waals surface area contributed by atoms with Gasteiger partial charge in [-0.2, -0.15) is 11.8 Å². The number of aromatic nitrogens is 3. The second-order valence-corrected chi connectivity index (χ2v) is 10.7. The molecule has 2 aliphatic heterocycles. The highest BCUT2D eigenvalue weighted by Gasteiger charge is 2.42. The zero-order valence-corrected chi connectivity index (χ0v) is 18.9. The van der Waals surface area contributed by atoms with E-state index in [1.54, 1.807) is 18.3 Å². The summed E-state index contributed by atoms with van der Waals surface area (Å²) < 4.78 is 24.2. The molecule has 0 radical (unpaired) electrons. The second kappa shape index (κ2) is 9.46. The first-order chi connectivity index (χ1) is 15.3. The van der Waals surface area contributed by atoms with E-state index in [0.29, 0.717) is 23.1 Å². The van der Waals surface area contributed by atoms with Crippen molar-refractivity contribution in [3.63, 3.8) is 0 Å². The molecule has 5 N–H and O–H groups in total. The summed E-state index contributed by atoms with van der Waals surface area (Å²) in [7, 11) is -3.75. The van der Waals surface area contributed by atoms with E-state index in [-0.39, 0.29) is 35.5 Å². The van der Waals surface area contributed by atoms with Gasteiger partial charge in [0.1, 0.15) is 5.69 Å². The van der Waals surface area contributed by atoms with Crippen LogP contribution in [0, 0.1) is 0 Å². The molecule has 1 aromatic carbocycles. The Morgan fingerprint density at radius 1 is 1.25 bits per heavy atom. The monoisotopic (exact) mass is 479 g/mol. The Labute approximate surface area is 189 Å². The van der Waals surface area contributed by atoms with Crippen LogP contribution < -0.4 is 21.1 Å². The largest absolute Gasteiger partial charge is 0.350 e. The van der Waals surface area contributed by atoms with Gasteiger partial charge in [-0.05, 0) is 37.1 Å². The van der Waals surface area contributed by atoms with Gasteiger partial charge in [0, 0.05) is 17.4 Å². The molecule has 3 heterocycles. The number of amides is 3. The number of nitrogens with one attached hydrogen (secondary N) is 3. The van der Waals surface area contributed by atoms with E-state index in [0.717, 1.165) is 25.0 Å². The Hall–Kier alpha value is -2.64. The Bertz CT molecular complexity index is 1090. The quantitative estimate of drug-likeness (QED) is 0.296. The number of urea groups is 1. The molecule has 32 heavy (non-hydrogen) atoms. The number of nitrogens with zero attached hydrogens (tertiary/aromatic N) is 3. The van der Waals surface area contributed by atoms with Crippen LogP contribution in [0.5, 0.6) is 0 Å². The zero-order valence-electron chi connectivity index (χ0n) is 17.2. The van der Waals surface area contributed by atoms with Crippen LogP contribution in [0.2, 0.25) is 0 Å². The fourth-order valence-corrected chi connectivity index (χ4v) is 5.90. The predicted molar refractivity (Wildman–Crippen MR) is 119 cm³/mol. The van der Waals surface area contributed by atoms with Gasteiger partial charge in [-0.15, -0.1) is 5.10 Å². The molecule has 13 heteroatoms. The third-order valence-corrected chi connectivity index (χ3v) is 7.96. The van der Waals surface area contributed by atoms with Crippen LogP contribution in [0.4, 0.5) is 4.79 Å². The molecule has 11 nitrogen and oxygen atoms in total. The molecular formula is C19H25N7O4S2. The van der Waals surface area contributed by atoms with Crippen LogP contribution in [0.3, 0.4) is 0 Å². The molecule has 0 saturated carbocycles. The number of benzene rings is 1. The lowest BCUT2D eigenvalue weighted by Crippen LogP contribution is -2.36. The van der Waals surface area contributed by atoms with Crippen LogP contribution in [0.25, 0.3) is 5.69 Å². The summed E-state index contributed by atoms with van der Waals surface area (Å²) in [6, 6.07) is 6.29. The van der Waals surface area contributed by atoms with Crippen molar-refractivity contribution in [2.24, 2.45) is 5.14 Å². The number of nitrogens with two attached hydrogens (primary N) is 1. The molecule has 3 amide bonds. The number of sulfonamides is 1. The lowest BCUT2D eigenvalue weighted by Gasteiger charge is -2.16. The first-order valence-electron chi connectivity index (χ1n) is 10.3. The molecule has 0 spiro atoms. The van der Waals surface area contributed by atoms with Crippen LogP contribution in [0.15, 0.2) is 35.4 Å². The van der Waals surface area contributed by atoms with E-state index in [4.69, 9.17) is 5.14 Å². The summed E-state index contributed by atoms with van der Waals surface area (Å²) >= 11 is 1.87. The number of hydrogen-bond acceptors (Lipinski definition) is 7. The van der Waals surface area contributed by atoms with Gasteiger partial charge in [0.15, 0.2) is 0 Å². The Kier molecular flexibility index (Phi) is 6.67. The number of carbonyl (C=O) groups excluding carboxylic acids is 2. The summed E-state index contributed by atoms with van der Waals surface area (Å²) in [5.41, 5.74) is 1.22. The highest BCUT2D eigenvalue weighted by molar-refractivity contribution is 8.00. The van der Waals surface area contributed by atoms with Crippen LogP contribution in [-0.4, -0.2) is 58.4 Å². The number of hydrogen-bond donors (Lipinski definition) is 4. The van der Waals surface area contributed by atoms with Gasteiger partial charge in [-0.25, -0.2) is 23.0 Å². The molecule has 0 bridgehead atoms. The molecule has 172 valence electrons. The number of unbranched alkanes of at least 4 members (excludes halogenated alkanes) is 1. The zero-order chi connectivity index (χ0) is 22.7. The fourth-order valence-electron chi connectivity index (χ4n) is 3.85. The standard InChI is InChI=1S/C19H25N7O4S2/c20-32(29,30)14-7-5-13(6-8-14)26-10-12(24-25-26)9-21-17(27)4-2-1-3-16-18-15(11-31-16)22-19(28)23-18/h5-8,10,15-16,18H,1-4,9,11H2,(H,21,27)(H2,20,29,30)(H2,22,23,28)/t15-,16-,18-/m0/s1. The third kappa shape index (κ3) is 5.40. The van der Waals surface area contributed by atoms with E-state index in [2.05, 4.69) is 26.3 Å². The fraction of sp³-hybridized carbons (Fsp3) is 0.474. The van der Waals surface area contributed by atoms with E-state index in [9.17, 15) is 18.0 Å². The molecule has 2 aliphatic rings. The highest BCUT2D eigenvalue weighted by Crippen LogP contribution is 2.33. The maximum absolute atomic E-state index is 12.1. The lowest BCUT2D eigenvalue weighted by molar-refractivity contribution is -0.121. The number of rotatable bonds is 9. The maximum atomic E-state index is 12.1. The highest BCUT2D eigenvalue weighted by atomic mass is 32.2. The topological polar surface area (TPSA) is 161 Å². The van der Waals surface area contributed by atoms with Gasteiger partial charge in [0.25, 0.3) is 0 Å². The van der Waals surface area contributed by atoms with Crippen molar-refractivity contribution in [2.75, 3.05) is 5.75 Å². The van der Waals surface area contributed by atoms with Gasteiger partial charge in [-0.3, -0.25) is 4.79 Å². The first kappa shape index (κ1) is 22.6.